The van der Waals surface area contributed by atoms with Crippen molar-refractivity contribution in [1.29, 1.82) is 0 Å². The van der Waals surface area contributed by atoms with Gasteiger partial charge in [0.1, 0.15) is 0 Å². The fraction of sp³-hybridized carbons (Fsp3) is 1.00. The van der Waals surface area contributed by atoms with Crippen molar-refractivity contribution in [3.63, 3.8) is 0 Å². The number of aliphatic hydroxyl groups excluding tert-OH is 1. The molecule has 4 aliphatic carbocycles. The summed E-state index contributed by atoms with van der Waals surface area (Å²) >= 11 is 0. The van der Waals surface area contributed by atoms with Crippen molar-refractivity contribution < 1.29 is 10.2 Å². The fourth-order valence-electron chi connectivity index (χ4n) is 7.23. The van der Waals surface area contributed by atoms with Gasteiger partial charge in [-0.2, -0.15) is 0 Å². The average molecular weight is 292 g/mol. The van der Waals surface area contributed by atoms with Crippen molar-refractivity contribution >= 4 is 0 Å². The number of hydrogen-bond donors (Lipinski definition) is 2. The van der Waals surface area contributed by atoms with Gasteiger partial charge in [0.25, 0.3) is 0 Å². The first-order valence-electron chi connectivity index (χ1n) is 9.32. The smallest absolute Gasteiger partial charge is 0.0757 e. The molecule has 0 radical (unpaired) electrons. The highest BCUT2D eigenvalue weighted by molar-refractivity contribution is 5.16. The quantitative estimate of drug-likeness (QED) is 0.711. The Morgan fingerprint density at radius 3 is 2.43 bits per heavy atom. The minimum Gasteiger partial charge on any atom is -0.392 e. The average Bonchev–Trinajstić information content (AvgIpc) is 2.71. The molecule has 120 valence electrons. The molecular formula is C19H32O2. The zero-order valence-corrected chi connectivity index (χ0v) is 13.8. The Morgan fingerprint density at radius 1 is 0.810 bits per heavy atom. The van der Waals surface area contributed by atoms with E-state index < -0.39 is 5.60 Å². The zero-order valence-electron chi connectivity index (χ0n) is 13.8. The zero-order chi connectivity index (χ0) is 14.9. The maximum atomic E-state index is 11.6. The van der Waals surface area contributed by atoms with Crippen molar-refractivity contribution in [2.24, 2.45) is 28.6 Å². The predicted molar refractivity (Wildman–Crippen MR) is 83.8 cm³/mol. The molecule has 0 aliphatic heterocycles. The summed E-state index contributed by atoms with van der Waals surface area (Å²) in [5.41, 5.74) is -0.376. The van der Waals surface area contributed by atoms with Crippen LogP contribution in [-0.4, -0.2) is 21.9 Å². The largest absolute Gasteiger partial charge is 0.392 e. The van der Waals surface area contributed by atoms with Crippen molar-refractivity contribution in [2.75, 3.05) is 0 Å². The van der Waals surface area contributed by atoms with Crippen LogP contribution >= 0.6 is 0 Å². The van der Waals surface area contributed by atoms with E-state index in [1.807, 2.05) is 0 Å². The molecule has 0 aromatic carbocycles. The molecular weight excluding hydrogens is 260 g/mol. The van der Waals surface area contributed by atoms with Crippen molar-refractivity contribution in [1.82, 2.24) is 0 Å². The molecule has 4 aliphatic rings. The molecule has 0 aromatic heterocycles. The summed E-state index contributed by atoms with van der Waals surface area (Å²) in [5.74, 6) is 2.03. The van der Waals surface area contributed by atoms with E-state index in [1.54, 1.807) is 0 Å². The molecule has 0 aromatic rings. The molecule has 1 unspecified atom stereocenters. The minimum atomic E-state index is -0.596. The highest BCUT2D eigenvalue weighted by Gasteiger charge is 2.66. The SMILES string of the molecule is C[C@]12CCCCC1CC[C@@H]1[C@@H]2CC[C@]2(C)[C@H](O)CC[C@]12O. The summed E-state index contributed by atoms with van der Waals surface area (Å²) in [6, 6.07) is 0. The Morgan fingerprint density at radius 2 is 1.62 bits per heavy atom. The van der Waals surface area contributed by atoms with Gasteiger partial charge >= 0.3 is 0 Å². The van der Waals surface area contributed by atoms with Crippen molar-refractivity contribution in [3.8, 4) is 0 Å². The van der Waals surface area contributed by atoms with E-state index in [2.05, 4.69) is 13.8 Å². The molecule has 0 amide bonds. The second-order valence-electron chi connectivity index (χ2n) is 9.17. The van der Waals surface area contributed by atoms with Gasteiger partial charge in [-0.1, -0.05) is 26.7 Å². The summed E-state index contributed by atoms with van der Waals surface area (Å²) in [6.45, 7) is 4.70. The number of fused-ring (bicyclic) bond motifs is 5. The van der Waals surface area contributed by atoms with Gasteiger partial charge in [-0.05, 0) is 74.5 Å². The summed E-state index contributed by atoms with van der Waals surface area (Å²) < 4.78 is 0. The maximum Gasteiger partial charge on any atom is 0.0757 e. The molecule has 0 bridgehead atoms. The molecule has 7 atom stereocenters. The molecule has 21 heavy (non-hydrogen) atoms. The Bertz CT molecular complexity index is 435. The van der Waals surface area contributed by atoms with E-state index in [-0.39, 0.29) is 11.5 Å². The molecule has 4 fully saturated rings. The Labute approximate surface area is 129 Å². The monoisotopic (exact) mass is 292 g/mol. The van der Waals surface area contributed by atoms with Crippen LogP contribution in [0.1, 0.15) is 78.1 Å². The van der Waals surface area contributed by atoms with E-state index in [9.17, 15) is 10.2 Å². The van der Waals surface area contributed by atoms with Gasteiger partial charge < -0.3 is 10.2 Å². The van der Waals surface area contributed by atoms with Crippen LogP contribution in [0.3, 0.4) is 0 Å². The molecule has 4 saturated carbocycles. The van der Waals surface area contributed by atoms with E-state index in [1.165, 1.54) is 44.9 Å². The molecule has 0 heterocycles. The predicted octanol–water partition coefficient (Wildman–Crippen LogP) is 3.90. The van der Waals surface area contributed by atoms with Gasteiger partial charge in [-0.15, -0.1) is 0 Å². The number of rotatable bonds is 0. The Kier molecular flexibility index (Phi) is 3.09. The summed E-state index contributed by atoms with van der Waals surface area (Å²) in [4.78, 5) is 0. The Balaban J connectivity index is 1.70. The van der Waals surface area contributed by atoms with Gasteiger partial charge in [-0.3, -0.25) is 0 Å². The first kappa shape index (κ1) is 14.5. The Hall–Kier alpha value is -0.0800. The van der Waals surface area contributed by atoms with Crippen molar-refractivity contribution in [3.05, 3.63) is 0 Å². The molecule has 2 nitrogen and oxygen atoms in total. The topological polar surface area (TPSA) is 40.5 Å². The lowest BCUT2D eigenvalue weighted by molar-refractivity contribution is -0.212. The van der Waals surface area contributed by atoms with Gasteiger partial charge in [0.2, 0.25) is 0 Å². The molecule has 0 spiro atoms. The van der Waals surface area contributed by atoms with Crippen LogP contribution in [0.5, 0.6) is 0 Å². The van der Waals surface area contributed by atoms with Crippen LogP contribution in [0.15, 0.2) is 0 Å². The third-order valence-electron chi connectivity index (χ3n) is 8.72. The van der Waals surface area contributed by atoms with Crippen LogP contribution in [0, 0.1) is 28.6 Å². The normalized spacial score (nSPS) is 60.0. The number of aliphatic hydroxyl groups is 2. The van der Waals surface area contributed by atoms with Gasteiger partial charge in [0.15, 0.2) is 0 Å². The highest BCUT2D eigenvalue weighted by atomic mass is 16.3. The fourth-order valence-corrected chi connectivity index (χ4v) is 7.23. The first-order chi connectivity index (χ1) is 9.92. The lowest BCUT2D eigenvalue weighted by atomic mass is 9.44. The van der Waals surface area contributed by atoms with E-state index >= 15 is 0 Å². The summed E-state index contributed by atoms with van der Waals surface area (Å²) in [5, 5.41) is 22.1. The van der Waals surface area contributed by atoms with Gasteiger partial charge in [0.05, 0.1) is 11.7 Å². The molecule has 0 saturated heterocycles. The van der Waals surface area contributed by atoms with Crippen LogP contribution < -0.4 is 0 Å². The van der Waals surface area contributed by atoms with Crippen LogP contribution in [0.25, 0.3) is 0 Å². The lowest BCUT2D eigenvalue weighted by Gasteiger charge is -2.63. The standard InChI is InChI=1S/C19H32O2/c1-17-10-4-3-5-13(17)6-7-15-14(17)8-11-18(2)16(20)9-12-19(15,18)21/h13-16,20-21H,3-12H2,1-2H3/t13?,14-,15+,16+,17-,18+,19-/m0/s1. The first-order valence-corrected chi connectivity index (χ1v) is 9.32. The highest BCUT2D eigenvalue weighted by Crippen LogP contribution is 2.67. The molecule has 2 N–H and O–H groups in total. The maximum absolute atomic E-state index is 11.6. The minimum absolute atomic E-state index is 0.244. The van der Waals surface area contributed by atoms with E-state index in [4.69, 9.17) is 0 Å². The second kappa shape index (κ2) is 4.47. The van der Waals surface area contributed by atoms with Crippen LogP contribution in [-0.2, 0) is 0 Å². The number of hydrogen-bond acceptors (Lipinski definition) is 2. The third kappa shape index (κ3) is 1.67. The van der Waals surface area contributed by atoms with Crippen LogP contribution in [0.4, 0.5) is 0 Å². The van der Waals surface area contributed by atoms with Gasteiger partial charge in [-0.25, -0.2) is 0 Å². The lowest BCUT2D eigenvalue weighted by Crippen LogP contribution is -2.62. The van der Waals surface area contributed by atoms with E-state index in [0.29, 0.717) is 17.3 Å². The van der Waals surface area contributed by atoms with E-state index in [0.717, 1.165) is 25.2 Å². The van der Waals surface area contributed by atoms with Gasteiger partial charge in [0, 0.05) is 5.41 Å². The van der Waals surface area contributed by atoms with Crippen LogP contribution in [0.2, 0.25) is 0 Å². The molecule has 4 rings (SSSR count). The van der Waals surface area contributed by atoms with Crippen molar-refractivity contribution in [2.45, 2.75) is 89.8 Å². The second-order valence-corrected chi connectivity index (χ2v) is 9.17. The summed E-state index contributed by atoms with van der Waals surface area (Å²) in [6.07, 6.45) is 11.7. The molecule has 2 heteroatoms. The third-order valence-corrected chi connectivity index (χ3v) is 8.72. The summed E-state index contributed by atoms with van der Waals surface area (Å²) in [7, 11) is 0.